The summed E-state index contributed by atoms with van der Waals surface area (Å²) in [7, 11) is 0. The summed E-state index contributed by atoms with van der Waals surface area (Å²) in [6.45, 7) is 5.20. The largest absolute Gasteiger partial charge is 0.352 e. The fourth-order valence-corrected chi connectivity index (χ4v) is 3.72. The summed E-state index contributed by atoms with van der Waals surface area (Å²) >= 11 is 0. The smallest absolute Gasteiger partial charge is 0.147 e. The van der Waals surface area contributed by atoms with E-state index in [1.807, 2.05) is 12.4 Å². The minimum absolute atomic E-state index is 0.724. The molecule has 1 aromatic heterocycles. The van der Waals surface area contributed by atoms with E-state index in [1.54, 1.807) is 0 Å². The van der Waals surface area contributed by atoms with Gasteiger partial charge in [-0.15, -0.1) is 0 Å². The van der Waals surface area contributed by atoms with Crippen LogP contribution in [-0.2, 0) is 6.54 Å². The van der Waals surface area contributed by atoms with Crippen molar-refractivity contribution in [3.8, 4) is 0 Å². The Morgan fingerprint density at radius 3 is 2.90 bits per heavy atom. The quantitative estimate of drug-likeness (QED) is 0.838. The minimum Gasteiger partial charge on any atom is -0.352 e. The summed E-state index contributed by atoms with van der Waals surface area (Å²) in [5, 5.41) is 3.37. The Hall–Kier alpha value is -1.16. The molecule has 2 aliphatic rings. The SMILES string of the molecule is CCCNCc1cnc(N2CCCC3CCCC32)cn1. The van der Waals surface area contributed by atoms with Gasteiger partial charge in [-0.25, -0.2) is 4.98 Å². The Labute approximate surface area is 122 Å². The van der Waals surface area contributed by atoms with E-state index < -0.39 is 0 Å². The Kier molecular flexibility index (Phi) is 4.51. The highest BCUT2D eigenvalue weighted by Gasteiger charge is 2.35. The average molecular weight is 274 g/mol. The van der Waals surface area contributed by atoms with Crippen LogP contribution in [0.2, 0.25) is 0 Å². The summed E-state index contributed by atoms with van der Waals surface area (Å²) in [5.74, 6) is 1.98. The first-order chi connectivity index (χ1) is 9.88. The van der Waals surface area contributed by atoms with Crippen LogP contribution in [0.5, 0.6) is 0 Å². The van der Waals surface area contributed by atoms with Crippen LogP contribution < -0.4 is 10.2 Å². The van der Waals surface area contributed by atoms with Gasteiger partial charge in [0, 0.05) is 19.1 Å². The fraction of sp³-hybridized carbons (Fsp3) is 0.750. The van der Waals surface area contributed by atoms with Gasteiger partial charge in [0.05, 0.1) is 18.1 Å². The molecule has 0 spiro atoms. The highest BCUT2D eigenvalue weighted by atomic mass is 15.2. The third-order valence-corrected chi connectivity index (χ3v) is 4.71. The van der Waals surface area contributed by atoms with Gasteiger partial charge in [0.1, 0.15) is 5.82 Å². The molecule has 1 aliphatic carbocycles. The van der Waals surface area contributed by atoms with Crippen LogP contribution in [0.4, 0.5) is 5.82 Å². The maximum absolute atomic E-state index is 4.66. The Balaban J connectivity index is 1.64. The number of hydrogen-bond donors (Lipinski definition) is 1. The monoisotopic (exact) mass is 274 g/mol. The van der Waals surface area contributed by atoms with Gasteiger partial charge >= 0.3 is 0 Å². The molecule has 1 aromatic rings. The normalized spacial score (nSPS) is 25.8. The van der Waals surface area contributed by atoms with Crippen molar-refractivity contribution in [2.45, 2.75) is 58.0 Å². The van der Waals surface area contributed by atoms with Crippen LogP contribution in [0.3, 0.4) is 0 Å². The zero-order valence-corrected chi connectivity index (χ0v) is 12.5. The summed E-state index contributed by atoms with van der Waals surface area (Å²) in [6.07, 6.45) is 11.9. The number of hydrogen-bond acceptors (Lipinski definition) is 4. The van der Waals surface area contributed by atoms with Crippen LogP contribution in [0.25, 0.3) is 0 Å². The van der Waals surface area contributed by atoms with Crippen LogP contribution in [0, 0.1) is 5.92 Å². The molecule has 1 N–H and O–H groups in total. The molecule has 3 rings (SSSR count). The van der Waals surface area contributed by atoms with Gasteiger partial charge in [-0.05, 0) is 44.6 Å². The van der Waals surface area contributed by atoms with Crippen molar-refractivity contribution in [1.82, 2.24) is 15.3 Å². The summed E-state index contributed by atoms with van der Waals surface area (Å²) in [4.78, 5) is 11.7. The molecule has 20 heavy (non-hydrogen) atoms. The number of piperidine rings is 1. The molecule has 0 bridgehead atoms. The van der Waals surface area contributed by atoms with Crippen molar-refractivity contribution in [2.75, 3.05) is 18.0 Å². The topological polar surface area (TPSA) is 41.1 Å². The highest BCUT2D eigenvalue weighted by Crippen LogP contribution is 2.38. The van der Waals surface area contributed by atoms with Crippen LogP contribution in [-0.4, -0.2) is 29.1 Å². The van der Waals surface area contributed by atoms with Gasteiger partial charge in [0.15, 0.2) is 0 Å². The average Bonchev–Trinajstić information content (AvgIpc) is 2.97. The maximum Gasteiger partial charge on any atom is 0.147 e. The minimum atomic E-state index is 0.724. The van der Waals surface area contributed by atoms with E-state index in [0.29, 0.717) is 0 Å². The molecule has 1 aliphatic heterocycles. The summed E-state index contributed by atoms with van der Waals surface area (Å²) in [5.41, 5.74) is 1.04. The summed E-state index contributed by atoms with van der Waals surface area (Å²) < 4.78 is 0. The first-order valence-corrected chi connectivity index (χ1v) is 8.16. The number of anilines is 1. The molecule has 4 heteroatoms. The second-order valence-electron chi connectivity index (χ2n) is 6.14. The molecule has 0 radical (unpaired) electrons. The maximum atomic E-state index is 4.66. The molecule has 0 aromatic carbocycles. The van der Waals surface area contributed by atoms with Crippen LogP contribution in [0.15, 0.2) is 12.4 Å². The van der Waals surface area contributed by atoms with E-state index in [1.165, 1.54) is 32.1 Å². The molecule has 4 nitrogen and oxygen atoms in total. The molecule has 2 unspecified atom stereocenters. The van der Waals surface area contributed by atoms with Crippen molar-refractivity contribution in [1.29, 1.82) is 0 Å². The standard InChI is InChI=1S/C16H26N4/c1-2-8-17-10-14-11-19-16(12-18-14)20-9-4-6-13-5-3-7-15(13)20/h11-13,15,17H,2-10H2,1H3. The third-order valence-electron chi connectivity index (χ3n) is 4.71. The van der Waals surface area contributed by atoms with Gasteiger partial charge in [-0.3, -0.25) is 4.98 Å². The lowest BCUT2D eigenvalue weighted by Crippen LogP contribution is -2.43. The second-order valence-corrected chi connectivity index (χ2v) is 6.14. The predicted octanol–water partition coefficient (Wildman–Crippen LogP) is 2.75. The van der Waals surface area contributed by atoms with E-state index in [2.05, 4.69) is 27.1 Å². The van der Waals surface area contributed by atoms with Gasteiger partial charge in [-0.2, -0.15) is 0 Å². The molecule has 0 amide bonds. The lowest BCUT2D eigenvalue weighted by atomic mass is 9.92. The van der Waals surface area contributed by atoms with Gasteiger partial charge in [0.2, 0.25) is 0 Å². The van der Waals surface area contributed by atoms with Gasteiger partial charge in [0.25, 0.3) is 0 Å². The van der Waals surface area contributed by atoms with E-state index in [9.17, 15) is 0 Å². The molecule has 110 valence electrons. The van der Waals surface area contributed by atoms with Crippen molar-refractivity contribution in [2.24, 2.45) is 5.92 Å². The van der Waals surface area contributed by atoms with E-state index in [4.69, 9.17) is 0 Å². The Bertz CT molecular complexity index is 417. The zero-order valence-electron chi connectivity index (χ0n) is 12.5. The first kappa shape index (κ1) is 13.8. The van der Waals surface area contributed by atoms with Crippen LogP contribution >= 0.6 is 0 Å². The Morgan fingerprint density at radius 1 is 1.20 bits per heavy atom. The molecule has 1 saturated carbocycles. The number of fused-ring (bicyclic) bond motifs is 1. The van der Waals surface area contributed by atoms with Gasteiger partial charge in [-0.1, -0.05) is 13.3 Å². The number of rotatable bonds is 5. The number of aromatic nitrogens is 2. The van der Waals surface area contributed by atoms with Crippen molar-refractivity contribution >= 4 is 5.82 Å². The number of nitrogens with one attached hydrogen (secondary N) is 1. The Morgan fingerprint density at radius 2 is 2.10 bits per heavy atom. The summed E-state index contributed by atoms with van der Waals surface area (Å²) in [6, 6.07) is 0.724. The van der Waals surface area contributed by atoms with E-state index in [-0.39, 0.29) is 0 Å². The lowest BCUT2D eigenvalue weighted by molar-refractivity contribution is 0.360. The lowest BCUT2D eigenvalue weighted by Gasteiger charge is -2.38. The van der Waals surface area contributed by atoms with Crippen molar-refractivity contribution < 1.29 is 0 Å². The molecule has 2 fully saturated rings. The zero-order chi connectivity index (χ0) is 13.8. The molecular weight excluding hydrogens is 248 g/mol. The third kappa shape index (κ3) is 2.95. The predicted molar refractivity (Wildman–Crippen MR) is 81.7 cm³/mol. The molecular formula is C16H26N4. The van der Waals surface area contributed by atoms with E-state index in [0.717, 1.165) is 49.5 Å². The van der Waals surface area contributed by atoms with Crippen molar-refractivity contribution in [3.63, 3.8) is 0 Å². The van der Waals surface area contributed by atoms with Crippen LogP contribution in [0.1, 0.15) is 51.1 Å². The molecule has 2 heterocycles. The molecule has 1 saturated heterocycles. The highest BCUT2D eigenvalue weighted by molar-refractivity contribution is 5.39. The van der Waals surface area contributed by atoms with E-state index >= 15 is 0 Å². The second kappa shape index (κ2) is 6.53. The van der Waals surface area contributed by atoms with Crippen molar-refractivity contribution in [3.05, 3.63) is 18.1 Å². The number of nitrogens with zero attached hydrogens (tertiary/aromatic N) is 3. The fourth-order valence-electron chi connectivity index (χ4n) is 3.72. The molecule has 2 atom stereocenters. The van der Waals surface area contributed by atoms with Gasteiger partial charge < -0.3 is 10.2 Å². The first-order valence-electron chi connectivity index (χ1n) is 8.16.